The lowest BCUT2D eigenvalue weighted by molar-refractivity contribution is 0.0659. The van der Waals surface area contributed by atoms with Crippen LogP contribution in [0.5, 0.6) is 0 Å². The minimum Gasteiger partial charge on any atom is -0.351 e. The lowest BCUT2D eigenvalue weighted by Gasteiger charge is -2.33. The Hall–Kier alpha value is -1.81. The first kappa shape index (κ1) is 13.8. The molecule has 1 N–H and O–H groups in total. The van der Waals surface area contributed by atoms with Crippen molar-refractivity contribution in [2.75, 3.05) is 20.1 Å². The van der Waals surface area contributed by atoms with E-state index in [9.17, 15) is 4.79 Å². The minimum atomic E-state index is 0.166. The average molecular weight is 297 g/mol. The van der Waals surface area contributed by atoms with Crippen molar-refractivity contribution >= 4 is 16.8 Å². The van der Waals surface area contributed by atoms with E-state index in [2.05, 4.69) is 27.9 Å². The zero-order chi connectivity index (χ0) is 15.1. The van der Waals surface area contributed by atoms with Crippen molar-refractivity contribution < 1.29 is 4.79 Å². The Labute approximate surface area is 131 Å². The van der Waals surface area contributed by atoms with Gasteiger partial charge in [-0.05, 0) is 51.4 Å². The fraction of sp³-hybridized carbons (Fsp3) is 0.500. The summed E-state index contributed by atoms with van der Waals surface area (Å²) in [7, 11) is 2.20. The molecule has 22 heavy (non-hydrogen) atoms. The molecule has 116 valence electrons. The summed E-state index contributed by atoms with van der Waals surface area (Å²) < 4.78 is 0. The largest absolute Gasteiger partial charge is 0.351 e. The minimum absolute atomic E-state index is 0.166. The number of para-hydroxylation sites is 1. The molecule has 2 aliphatic heterocycles. The third kappa shape index (κ3) is 2.22. The molecule has 4 nitrogen and oxygen atoms in total. The van der Waals surface area contributed by atoms with E-state index >= 15 is 0 Å². The Morgan fingerprint density at radius 2 is 1.91 bits per heavy atom. The third-order valence-corrected chi connectivity index (χ3v) is 5.34. The number of rotatable bonds is 2. The van der Waals surface area contributed by atoms with Gasteiger partial charge in [0.25, 0.3) is 5.91 Å². The number of aromatic nitrogens is 1. The number of hydrogen-bond acceptors (Lipinski definition) is 2. The van der Waals surface area contributed by atoms with Gasteiger partial charge in [0.1, 0.15) is 5.69 Å². The topological polar surface area (TPSA) is 39.3 Å². The fourth-order valence-electron chi connectivity index (χ4n) is 4.21. The summed E-state index contributed by atoms with van der Waals surface area (Å²) in [5.74, 6) is 0.166. The first-order valence-electron chi connectivity index (χ1n) is 8.33. The molecule has 0 aliphatic carbocycles. The summed E-state index contributed by atoms with van der Waals surface area (Å²) >= 11 is 0. The van der Waals surface area contributed by atoms with Crippen molar-refractivity contribution in [2.24, 2.45) is 0 Å². The number of nitrogens with one attached hydrogen (secondary N) is 1. The van der Waals surface area contributed by atoms with Crippen LogP contribution in [0.25, 0.3) is 10.9 Å². The van der Waals surface area contributed by atoms with Gasteiger partial charge in [-0.2, -0.15) is 0 Å². The van der Waals surface area contributed by atoms with E-state index in [4.69, 9.17) is 0 Å². The van der Waals surface area contributed by atoms with Crippen LogP contribution in [0, 0.1) is 0 Å². The van der Waals surface area contributed by atoms with Crippen LogP contribution in [0.1, 0.15) is 36.2 Å². The highest BCUT2D eigenvalue weighted by atomic mass is 16.2. The van der Waals surface area contributed by atoms with Crippen LogP contribution < -0.4 is 0 Å². The first-order chi connectivity index (χ1) is 10.7. The highest BCUT2D eigenvalue weighted by molar-refractivity contribution is 5.98. The SMILES string of the molecule is CN1CCC[C@H]1[C@@H]1CCCN1C(=O)c1cc2ccccc2[nH]1. The molecule has 1 aromatic carbocycles. The van der Waals surface area contributed by atoms with Crippen molar-refractivity contribution in [3.63, 3.8) is 0 Å². The van der Waals surface area contributed by atoms with E-state index in [0.717, 1.165) is 42.5 Å². The molecule has 0 bridgehead atoms. The van der Waals surface area contributed by atoms with Gasteiger partial charge >= 0.3 is 0 Å². The maximum Gasteiger partial charge on any atom is 0.270 e. The van der Waals surface area contributed by atoms with Crippen LogP contribution in [0.4, 0.5) is 0 Å². The molecule has 0 saturated carbocycles. The van der Waals surface area contributed by atoms with Crippen molar-refractivity contribution in [3.8, 4) is 0 Å². The standard InChI is InChI=1S/C18H23N3O/c1-20-10-4-8-16(20)17-9-5-11-21(17)18(22)15-12-13-6-2-3-7-14(13)19-15/h2-3,6-7,12,16-17,19H,4-5,8-11H2,1H3/t16-,17-/m0/s1. The number of fused-ring (bicyclic) bond motifs is 1. The molecule has 0 radical (unpaired) electrons. The quantitative estimate of drug-likeness (QED) is 0.926. The summed E-state index contributed by atoms with van der Waals surface area (Å²) in [6.07, 6.45) is 4.74. The zero-order valence-electron chi connectivity index (χ0n) is 13.1. The van der Waals surface area contributed by atoms with Gasteiger partial charge in [-0.15, -0.1) is 0 Å². The number of amides is 1. The van der Waals surface area contributed by atoms with Crippen LogP contribution in [0.15, 0.2) is 30.3 Å². The predicted octanol–water partition coefficient (Wildman–Crippen LogP) is 2.87. The summed E-state index contributed by atoms with van der Waals surface area (Å²) in [6, 6.07) is 11.0. The van der Waals surface area contributed by atoms with Gasteiger partial charge in [-0.1, -0.05) is 18.2 Å². The van der Waals surface area contributed by atoms with Gasteiger partial charge in [-0.25, -0.2) is 0 Å². The predicted molar refractivity (Wildman–Crippen MR) is 88.0 cm³/mol. The van der Waals surface area contributed by atoms with Gasteiger partial charge in [-0.3, -0.25) is 4.79 Å². The third-order valence-electron chi connectivity index (χ3n) is 5.34. The molecule has 0 spiro atoms. The number of likely N-dealkylation sites (tertiary alicyclic amines) is 2. The number of nitrogens with zero attached hydrogens (tertiary/aromatic N) is 2. The summed E-state index contributed by atoms with van der Waals surface area (Å²) in [4.78, 5) is 20.8. The first-order valence-corrected chi connectivity index (χ1v) is 8.33. The Kier molecular flexibility index (Phi) is 3.41. The molecule has 1 amide bonds. The van der Waals surface area contributed by atoms with Crippen molar-refractivity contribution in [1.82, 2.24) is 14.8 Å². The Morgan fingerprint density at radius 3 is 2.68 bits per heavy atom. The lowest BCUT2D eigenvalue weighted by Crippen LogP contribution is -2.47. The van der Waals surface area contributed by atoms with Gasteiger partial charge in [0.05, 0.1) is 0 Å². The fourth-order valence-corrected chi connectivity index (χ4v) is 4.21. The second kappa shape index (κ2) is 5.43. The molecule has 2 aliphatic rings. The van der Waals surface area contributed by atoms with E-state index in [0.29, 0.717) is 12.1 Å². The molecule has 2 fully saturated rings. The molecule has 4 heteroatoms. The smallest absolute Gasteiger partial charge is 0.270 e. The molecule has 1 aromatic heterocycles. The van der Waals surface area contributed by atoms with E-state index in [1.165, 1.54) is 12.8 Å². The van der Waals surface area contributed by atoms with Gasteiger partial charge in [0, 0.05) is 29.5 Å². The molecular weight excluding hydrogens is 274 g/mol. The highest BCUT2D eigenvalue weighted by Crippen LogP contribution is 2.30. The number of carbonyl (C=O) groups excluding carboxylic acids is 1. The number of carbonyl (C=O) groups is 1. The van der Waals surface area contributed by atoms with E-state index in [-0.39, 0.29) is 5.91 Å². The number of likely N-dealkylation sites (N-methyl/N-ethyl adjacent to an activating group) is 1. The van der Waals surface area contributed by atoms with Crippen molar-refractivity contribution in [2.45, 2.75) is 37.8 Å². The van der Waals surface area contributed by atoms with Crippen LogP contribution in [-0.4, -0.2) is 52.9 Å². The summed E-state index contributed by atoms with van der Waals surface area (Å²) in [5, 5.41) is 1.11. The molecular formula is C18H23N3O. The van der Waals surface area contributed by atoms with E-state index in [1.807, 2.05) is 24.3 Å². The van der Waals surface area contributed by atoms with Gasteiger partial charge in [0.15, 0.2) is 0 Å². The zero-order valence-corrected chi connectivity index (χ0v) is 13.1. The van der Waals surface area contributed by atoms with Crippen LogP contribution in [-0.2, 0) is 0 Å². The van der Waals surface area contributed by atoms with Crippen LogP contribution >= 0.6 is 0 Å². The second-order valence-electron chi connectivity index (χ2n) is 6.67. The molecule has 4 rings (SSSR count). The summed E-state index contributed by atoms with van der Waals surface area (Å²) in [6.45, 7) is 2.05. The maximum absolute atomic E-state index is 13.0. The normalized spacial score (nSPS) is 26.1. The molecule has 2 aromatic rings. The van der Waals surface area contributed by atoms with Gasteiger partial charge in [0.2, 0.25) is 0 Å². The highest BCUT2D eigenvalue weighted by Gasteiger charge is 2.38. The lowest BCUT2D eigenvalue weighted by atomic mass is 10.0. The number of aromatic amines is 1. The Balaban J connectivity index is 1.60. The average Bonchev–Trinajstić information content (AvgIpc) is 3.24. The Bertz CT molecular complexity index is 659. The van der Waals surface area contributed by atoms with Crippen molar-refractivity contribution in [1.29, 1.82) is 0 Å². The van der Waals surface area contributed by atoms with Gasteiger partial charge < -0.3 is 14.8 Å². The number of benzene rings is 1. The second-order valence-corrected chi connectivity index (χ2v) is 6.67. The molecule has 2 saturated heterocycles. The van der Waals surface area contributed by atoms with Crippen molar-refractivity contribution in [3.05, 3.63) is 36.0 Å². The monoisotopic (exact) mass is 297 g/mol. The summed E-state index contributed by atoms with van der Waals surface area (Å²) in [5.41, 5.74) is 1.77. The van der Waals surface area contributed by atoms with Crippen LogP contribution in [0.2, 0.25) is 0 Å². The molecule has 0 unspecified atom stereocenters. The molecule has 3 heterocycles. The number of hydrogen-bond donors (Lipinski definition) is 1. The molecule has 2 atom stereocenters. The van der Waals surface area contributed by atoms with E-state index < -0.39 is 0 Å². The maximum atomic E-state index is 13.0. The van der Waals surface area contributed by atoms with E-state index in [1.54, 1.807) is 0 Å². The van der Waals surface area contributed by atoms with Crippen LogP contribution in [0.3, 0.4) is 0 Å². The number of H-pyrrole nitrogens is 1. The Morgan fingerprint density at radius 1 is 1.14 bits per heavy atom.